The molecule has 1 rings (SSSR count). The lowest BCUT2D eigenvalue weighted by Crippen LogP contribution is -2.39. The molecule has 4 N–H and O–H groups in total. The molecular formula is C12H17N3O3. The molecule has 1 unspecified atom stereocenters. The van der Waals surface area contributed by atoms with E-state index in [9.17, 15) is 9.59 Å². The number of ether oxygens (including phenoxy) is 1. The van der Waals surface area contributed by atoms with Crippen molar-refractivity contribution in [2.45, 2.75) is 6.04 Å². The third kappa shape index (κ3) is 3.54. The van der Waals surface area contributed by atoms with Crippen LogP contribution in [0.15, 0.2) is 24.3 Å². The quantitative estimate of drug-likeness (QED) is 0.684. The zero-order valence-corrected chi connectivity index (χ0v) is 10.4. The summed E-state index contributed by atoms with van der Waals surface area (Å²) >= 11 is 0. The average Bonchev–Trinajstić information content (AvgIpc) is 2.38. The fraction of sp³-hybridized carbons (Fsp3) is 0.333. The number of carbonyl (C=O) groups is 2. The first-order valence-corrected chi connectivity index (χ1v) is 5.46. The minimum atomic E-state index is -0.771. The Balaban J connectivity index is 2.84. The molecule has 2 amide bonds. The van der Waals surface area contributed by atoms with Crippen LogP contribution in [0.25, 0.3) is 0 Å². The van der Waals surface area contributed by atoms with E-state index >= 15 is 0 Å². The van der Waals surface area contributed by atoms with Gasteiger partial charge in [-0.15, -0.1) is 0 Å². The largest absolute Gasteiger partial charge is 0.383 e. The van der Waals surface area contributed by atoms with Crippen molar-refractivity contribution in [3.8, 4) is 0 Å². The average molecular weight is 251 g/mol. The van der Waals surface area contributed by atoms with E-state index in [1.54, 1.807) is 24.3 Å². The number of carbonyl (C=O) groups excluding carboxylic acids is 2. The molecule has 0 heterocycles. The van der Waals surface area contributed by atoms with Gasteiger partial charge in [0.25, 0.3) is 5.91 Å². The summed E-state index contributed by atoms with van der Waals surface area (Å²) in [5, 5.41) is 5.11. The van der Waals surface area contributed by atoms with Gasteiger partial charge in [0, 0.05) is 14.2 Å². The summed E-state index contributed by atoms with van der Waals surface area (Å²) in [6.07, 6.45) is 0. The Kier molecular flexibility index (Phi) is 5.29. The first-order valence-electron chi connectivity index (χ1n) is 5.46. The smallest absolute Gasteiger partial charge is 0.253 e. The Morgan fingerprint density at radius 3 is 2.67 bits per heavy atom. The number of hydrogen-bond acceptors (Lipinski definition) is 4. The molecule has 98 valence electrons. The van der Waals surface area contributed by atoms with Crippen molar-refractivity contribution < 1.29 is 14.3 Å². The monoisotopic (exact) mass is 251 g/mol. The highest BCUT2D eigenvalue weighted by molar-refractivity contribution is 6.04. The van der Waals surface area contributed by atoms with Gasteiger partial charge in [0.2, 0.25) is 5.91 Å². The number of hydrogen-bond donors (Lipinski definition) is 3. The summed E-state index contributed by atoms with van der Waals surface area (Å²) in [7, 11) is 2.99. The van der Waals surface area contributed by atoms with E-state index in [2.05, 4.69) is 10.6 Å². The van der Waals surface area contributed by atoms with Crippen LogP contribution in [0.4, 0.5) is 5.69 Å². The fourth-order valence-corrected chi connectivity index (χ4v) is 1.41. The van der Waals surface area contributed by atoms with Gasteiger partial charge in [-0.25, -0.2) is 0 Å². The molecule has 0 spiro atoms. The normalized spacial score (nSPS) is 11.7. The predicted octanol–water partition coefficient (Wildman–Crippen LogP) is -0.0416. The van der Waals surface area contributed by atoms with E-state index in [0.717, 1.165) is 0 Å². The lowest BCUT2D eigenvalue weighted by Gasteiger charge is -2.13. The van der Waals surface area contributed by atoms with Crippen molar-refractivity contribution in [1.29, 1.82) is 0 Å². The fourth-order valence-electron chi connectivity index (χ4n) is 1.41. The van der Waals surface area contributed by atoms with Crippen molar-refractivity contribution >= 4 is 17.5 Å². The van der Waals surface area contributed by atoms with E-state index in [4.69, 9.17) is 10.5 Å². The number of rotatable bonds is 5. The van der Waals surface area contributed by atoms with Crippen LogP contribution in [0.1, 0.15) is 10.4 Å². The molecule has 0 saturated carbocycles. The SMILES string of the molecule is CNC(=O)c1ccccc1NC(=O)C(N)COC. The molecular weight excluding hydrogens is 234 g/mol. The van der Waals surface area contributed by atoms with Crippen LogP contribution in [0, 0.1) is 0 Å². The van der Waals surface area contributed by atoms with Crippen molar-refractivity contribution in [3.63, 3.8) is 0 Å². The van der Waals surface area contributed by atoms with Gasteiger partial charge in [0.05, 0.1) is 17.9 Å². The second-order valence-electron chi connectivity index (χ2n) is 3.68. The molecule has 0 aliphatic heterocycles. The summed E-state index contributed by atoms with van der Waals surface area (Å²) in [4.78, 5) is 23.3. The number of methoxy groups -OCH3 is 1. The maximum absolute atomic E-state index is 11.7. The summed E-state index contributed by atoms with van der Waals surface area (Å²) in [6.45, 7) is 0.119. The lowest BCUT2D eigenvalue weighted by atomic mass is 10.1. The lowest BCUT2D eigenvalue weighted by molar-refractivity contribution is -0.118. The standard InChI is InChI=1S/C12H17N3O3/c1-14-11(16)8-5-3-4-6-10(8)15-12(17)9(13)7-18-2/h3-6,9H,7,13H2,1-2H3,(H,14,16)(H,15,17). The molecule has 0 bridgehead atoms. The highest BCUT2D eigenvalue weighted by Crippen LogP contribution is 2.14. The highest BCUT2D eigenvalue weighted by Gasteiger charge is 2.16. The van der Waals surface area contributed by atoms with Gasteiger partial charge in [-0.05, 0) is 12.1 Å². The number of benzene rings is 1. The third-order valence-electron chi connectivity index (χ3n) is 2.34. The van der Waals surface area contributed by atoms with Crippen LogP contribution in [0.2, 0.25) is 0 Å². The number of nitrogens with two attached hydrogens (primary N) is 1. The van der Waals surface area contributed by atoms with Gasteiger partial charge in [-0.1, -0.05) is 12.1 Å². The molecule has 18 heavy (non-hydrogen) atoms. The van der Waals surface area contributed by atoms with Crippen LogP contribution < -0.4 is 16.4 Å². The van der Waals surface area contributed by atoms with Crippen molar-refractivity contribution in [2.24, 2.45) is 5.73 Å². The Hall–Kier alpha value is -1.92. The maximum Gasteiger partial charge on any atom is 0.253 e. The minimum absolute atomic E-state index is 0.119. The van der Waals surface area contributed by atoms with Gasteiger partial charge < -0.3 is 21.1 Å². The van der Waals surface area contributed by atoms with Crippen LogP contribution >= 0.6 is 0 Å². The molecule has 0 aliphatic rings. The first-order chi connectivity index (χ1) is 8.60. The topological polar surface area (TPSA) is 93.5 Å². The highest BCUT2D eigenvalue weighted by atomic mass is 16.5. The van der Waals surface area contributed by atoms with Crippen LogP contribution in [0.5, 0.6) is 0 Å². The van der Waals surface area contributed by atoms with Crippen LogP contribution in [0.3, 0.4) is 0 Å². The summed E-state index contributed by atoms with van der Waals surface area (Å²) in [6, 6.07) is 5.94. The second kappa shape index (κ2) is 6.73. The first kappa shape index (κ1) is 14.1. The zero-order valence-electron chi connectivity index (χ0n) is 10.4. The van der Waals surface area contributed by atoms with E-state index in [1.165, 1.54) is 14.2 Å². The molecule has 6 heteroatoms. The van der Waals surface area contributed by atoms with Crippen LogP contribution in [-0.2, 0) is 9.53 Å². The van der Waals surface area contributed by atoms with Gasteiger partial charge in [0.15, 0.2) is 0 Å². The van der Waals surface area contributed by atoms with Crippen molar-refractivity contribution in [2.75, 3.05) is 26.1 Å². The summed E-state index contributed by atoms with van der Waals surface area (Å²) in [5.41, 5.74) is 6.41. The molecule has 0 aliphatic carbocycles. The Morgan fingerprint density at radius 2 is 2.06 bits per heavy atom. The Morgan fingerprint density at radius 1 is 1.39 bits per heavy atom. The zero-order chi connectivity index (χ0) is 13.5. The molecule has 0 radical (unpaired) electrons. The molecule has 0 aromatic heterocycles. The van der Waals surface area contributed by atoms with Gasteiger partial charge in [-0.3, -0.25) is 9.59 Å². The number of amides is 2. The summed E-state index contributed by atoms with van der Waals surface area (Å²) < 4.78 is 4.80. The minimum Gasteiger partial charge on any atom is -0.383 e. The molecule has 0 saturated heterocycles. The summed E-state index contributed by atoms with van der Waals surface area (Å²) in [5.74, 6) is -0.667. The number of anilines is 1. The van der Waals surface area contributed by atoms with Crippen LogP contribution in [-0.4, -0.2) is 38.6 Å². The Labute approximate surface area is 105 Å². The van der Waals surface area contributed by atoms with Crippen molar-refractivity contribution in [1.82, 2.24) is 5.32 Å². The van der Waals surface area contributed by atoms with E-state index < -0.39 is 11.9 Å². The molecule has 1 aromatic carbocycles. The maximum atomic E-state index is 11.7. The third-order valence-corrected chi connectivity index (χ3v) is 2.34. The number of nitrogens with one attached hydrogen (secondary N) is 2. The molecule has 0 fully saturated rings. The predicted molar refractivity (Wildman–Crippen MR) is 68.3 cm³/mol. The van der Waals surface area contributed by atoms with Gasteiger partial charge >= 0.3 is 0 Å². The van der Waals surface area contributed by atoms with Gasteiger partial charge in [-0.2, -0.15) is 0 Å². The van der Waals surface area contributed by atoms with Gasteiger partial charge in [0.1, 0.15) is 6.04 Å². The van der Waals surface area contributed by atoms with Crippen molar-refractivity contribution in [3.05, 3.63) is 29.8 Å². The Bertz CT molecular complexity index is 434. The van der Waals surface area contributed by atoms with E-state index in [0.29, 0.717) is 11.3 Å². The molecule has 6 nitrogen and oxygen atoms in total. The molecule has 1 aromatic rings. The number of para-hydroxylation sites is 1. The molecule has 1 atom stereocenters. The van der Waals surface area contributed by atoms with E-state index in [1.807, 2.05) is 0 Å². The second-order valence-corrected chi connectivity index (χ2v) is 3.68. The van der Waals surface area contributed by atoms with E-state index in [-0.39, 0.29) is 12.5 Å².